The fourth-order valence-electron chi connectivity index (χ4n) is 10.3. The van der Waals surface area contributed by atoms with Crippen LogP contribution < -0.4 is 0 Å². The van der Waals surface area contributed by atoms with Gasteiger partial charge in [0.05, 0.1) is 11.4 Å². The first-order chi connectivity index (χ1) is 29.2. The molecule has 10 aromatic rings. The first-order valence-corrected chi connectivity index (χ1v) is 21.1. The van der Waals surface area contributed by atoms with E-state index in [9.17, 15) is 0 Å². The van der Waals surface area contributed by atoms with Gasteiger partial charge in [-0.2, -0.15) is 0 Å². The van der Waals surface area contributed by atoms with E-state index in [1.165, 1.54) is 88.0 Å². The molecule has 2 aliphatic rings. The molecule has 9 aromatic carbocycles. The molecule has 0 saturated carbocycles. The second kappa shape index (κ2) is 12.7. The molecule has 284 valence electrons. The summed E-state index contributed by atoms with van der Waals surface area (Å²) >= 11 is 0. The van der Waals surface area contributed by atoms with Crippen molar-refractivity contribution in [3.05, 3.63) is 204 Å². The third kappa shape index (κ3) is 5.20. The molecule has 0 amide bonds. The Bertz CT molecular complexity index is 3430. The average Bonchev–Trinajstić information content (AvgIpc) is 3.65. The fourth-order valence-corrected chi connectivity index (χ4v) is 10.3. The molecule has 0 N–H and O–H groups in total. The van der Waals surface area contributed by atoms with Crippen molar-refractivity contribution < 1.29 is 0 Å². The van der Waals surface area contributed by atoms with Gasteiger partial charge in [-0.25, -0.2) is 9.97 Å². The summed E-state index contributed by atoms with van der Waals surface area (Å²) in [6.07, 6.45) is 0. The Morgan fingerprint density at radius 1 is 0.300 bits per heavy atom. The summed E-state index contributed by atoms with van der Waals surface area (Å²) < 4.78 is 0. The van der Waals surface area contributed by atoms with Crippen molar-refractivity contribution in [3.63, 3.8) is 0 Å². The summed E-state index contributed by atoms with van der Waals surface area (Å²) in [5, 5.41) is 7.49. The average molecular weight is 767 g/mol. The van der Waals surface area contributed by atoms with E-state index in [-0.39, 0.29) is 10.8 Å². The minimum Gasteiger partial charge on any atom is -0.228 e. The van der Waals surface area contributed by atoms with E-state index in [0.29, 0.717) is 0 Å². The molecule has 2 aliphatic carbocycles. The molecule has 60 heavy (non-hydrogen) atoms. The molecular weight excluding hydrogens is 725 g/mol. The summed E-state index contributed by atoms with van der Waals surface area (Å²) in [7, 11) is 0. The maximum atomic E-state index is 5.32. The maximum Gasteiger partial charge on any atom is 0.160 e. The third-order valence-electron chi connectivity index (χ3n) is 13.6. The van der Waals surface area contributed by atoms with E-state index in [4.69, 9.17) is 9.97 Å². The number of hydrogen-bond acceptors (Lipinski definition) is 2. The number of hydrogen-bond donors (Lipinski definition) is 0. The fraction of sp³-hybridized carbons (Fsp3) is 0.103. The van der Waals surface area contributed by atoms with Gasteiger partial charge in [0.2, 0.25) is 0 Å². The van der Waals surface area contributed by atoms with Gasteiger partial charge in [-0.1, -0.05) is 161 Å². The molecule has 0 radical (unpaired) electrons. The van der Waals surface area contributed by atoms with Gasteiger partial charge >= 0.3 is 0 Å². The van der Waals surface area contributed by atoms with Gasteiger partial charge in [0, 0.05) is 27.5 Å². The number of rotatable bonds is 4. The van der Waals surface area contributed by atoms with Crippen LogP contribution in [0.4, 0.5) is 0 Å². The maximum absolute atomic E-state index is 5.32. The predicted octanol–water partition coefficient (Wildman–Crippen LogP) is 15.2. The largest absolute Gasteiger partial charge is 0.228 e. The van der Waals surface area contributed by atoms with Crippen LogP contribution in [0.1, 0.15) is 49.9 Å². The number of benzene rings is 9. The Morgan fingerprint density at radius 3 is 1.53 bits per heavy atom. The van der Waals surface area contributed by atoms with Gasteiger partial charge in [-0.15, -0.1) is 0 Å². The van der Waals surface area contributed by atoms with Crippen LogP contribution in [-0.4, -0.2) is 9.97 Å². The topological polar surface area (TPSA) is 25.8 Å². The van der Waals surface area contributed by atoms with Crippen molar-refractivity contribution in [2.24, 2.45) is 0 Å². The van der Waals surface area contributed by atoms with Crippen LogP contribution in [0.2, 0.25) is 0 Å². The van der Waals surface area contributed by atoms with E-state index in [1.54, 1.807) is 0 Å². The first kappa shape index (κ1) is 34.8. The van der Waals surface area contributed by atoms with Crippen LogP contribution in [0.5, 0.6) is 0 Å². The van der Waals surface area contributed by atoms with Crippen LogP contribution in [0.3, 0.4) is 0 Å². The van der Waals surface area contributed by atoms with Gasteiger partial charge < -0.3 is 0 Å². The lowest BCUT2D eigenvalue weighted by Crippen LogP contribution is -2.14. The van der Waals surface area contributed by atoms with Crippen LogP contribution in [0.25, 0.3) is 99.6 Å². The number of aromatic nitrogens is 2. The van der Waals surface area contributed by atoms with E-state index >= 15 is 0 Å². The molecular formula is C58H42N2. The van der Waals surface area contributed by atoms with Crippen molar-refractivity contribution >= 4 is 32.3 Å². The zero-order valence-electron chi connectivity index (χ0n) is 34.2. The first-order valence-electron chi connectivity index (χ1n) is 21.1. The van der Waals surface area contributed by atoms with Gasteiger partial charge in [-0.05, 0) is 136 Å². The molecule has 1 aromatic heterocycles. The third-order valence-corrected chi connectivity index (χ3v) is 13.6. The summed E-state index contributed by atoms with van der Waals surface area (Å²) in [5.74, 6) is 0.724. The minimum atomic E-state index is -0.143. The molecule has 0 saturated heterocycles. The lowest BCUT2D eigenvalue weighted by Gasteiger charge is -2.22. The Morgan fingerprint density at radius 2 is 0.817 bits per heavy atom. The zero-order valence-corrected chi connectivity index (χ0v) is 34.2. The van der Waals surface area contributed by atoms with Gasteiger partial charge in [0.1, 0.15) is 0 Å². The summed E-state index contributed by atoms with van der Waals surface area (Å²) in [6, 6.07) is 66.9. The number of nitrogens with zero attached hydrogens (tertiary/aromatic N) is 2. The molecule has 0 atom stereocenters. The smallest absolute Gasteiger partial charge is 0.160 e. The van der Waals surface area contributed by atoms with Crippen molar-refractivity contribution in [2.75, 3.05) is 0 Å². The van der Waals surface area contributed by atoms with Crippen LogP contribution >= 0.6 is 0 Å². The highest BCUT2D eigenvalue weighted by atomic mass is 14.9. The molecule has 2 nitrogen and oxygen atoms in total. The molecule has 12 rings (SSSR count). The highest BCUT2D eigenvalue weighted by molar-refractivity contribution is 5.99. The van der Waals surface area contributed by atoms with Gasteiger partial charge in [0.25, 0.3) is 0 Å². The summed E-state index contributed by atoms with van der Waals surface area (Å²) in [4.78, 5) is 10.6. The molecule has 1 heterocycles. The normalized spacial score (nSPS) is 14.3. The molecule has 0 unspecified atom stereocenters. The minimum absolute atomic E-state index is 0.0508. The highest BCUT2D eigenvalue weighted by Gasteiger charge is 2.38. The zero-order chi connectivity index (χ0) is 40.3. The summed E-state index contributed by atoms with van der Waals surface area (Å²) in [6.45, 7) is 9.42. The lowest BCUT2D eigenvalue weighted by molar-refractivity contribution is 0.661. The van der Waals surface area contributed by atoms with Crippen molar-refractivity contribution in [1.82, 2.24) is 9.97 Å². The van der Waals surface area contributed by atoms with E-state index in [0.717, 1.165) is 33.9 Å². The quantitative estimate of drug-likeness (QED) is 0.178. The summed E-state index contributed by atoms with van der Waals surface area (Å²) in [5.41, 5.74) is 18.0. The molecule has 0 aliphatic heterocycles. The van der Waals surface area contributed by atoms with Crippen molar-refractivity contribution in [2.45, 2.75) is 38.5 Å². The van der Waals surface area contributed by atoms with E-state index in [2.05, 4.69) is 204 Å². The number of fused-ring (bicyclic) bond motifs is 9. The Labute approximate surface area is 350 Å². The second-order valence-electron chi connectivity index (χ2n) is 17.8. The second-order valence-corrected chi connectivity index (χ2v) is 17.8. The molecule has 0 spiro atoms. The lowest BCUT2D eigenvalue weighted by atomic mass is 9.81. The molecule has 0 fully saturated rings. The van der Waals surface area contributed by atoms with Crippen LogP contribution in [-0.2, 0) is 10.8 Å². The van der Waals surface area contributed by atoms with Crippen LogP contribution in [0, 0.1) is 0 Å². The van der Waals surface area contributed by atoms with Crippen molar-refractivity contribution in [3.8, 4) is 67.3 Å². The van der Waals surface area contributed by atoms with Crippen molar-refractivity contribution in [1.29, 1.82) is 0 Å². The van der Waals surface area contributed by atoms with Gasteiger partial charge in [-0.3, -0.25) is 0 Å². The van der Waals surface area contributed by atoms with Crippen LogP contribution in [0.15, 0.2) is 182 Å². The van der Waals surface area contributed by atoms with E-state index in [1.807, 2.05) is 6.07 Å². The van der Waals surface area contributed by atoms with Gasteiger partial charge in [0.15, 0.2) is 5.82 Å². The highest BCUT2D eigenvalue weighted by Crippen LogP contribution is 2.54. The predicted molar refractivity (Wildman–Crippen MR) is 251 cm³/mol. The molecule has 2 heteroatoms. The standard InChI is InChI=1S/C58H42N2/c1-57(2)49-26-25-43(30-46(49)47-29-36-15-8-10-17-38(36)32-51(47)57)41-21-22-42-28-44(24-23-40(42)27-41)53-34-54(60-56(59-53)35-13-6-5-7-14-35)45-19-12-20-50-55(45)48-31-37-16-9-11-18-39(37)33-52(48)58(50,3)4/h5-34H,1-4H3. The van der Waals surface area contributed by atoms with E-state index < -0.39 is 0 Å². The SMILES string of the molecule is CC1(C)c2ccc(-c3ccc4cc(-c5cc(-c6cccc7c6-c6cc8ccccc8cc6C7(C)C)nc(-c6ccccc6)n5)ccc4c3)cc2-c2cc3ccccc3cc21. The Kier molecular flexibility index (Phi) is 7.36. The monoisotopic (exact) mass is 766 g/mol. The Balaban J connectivity index is 0.964. The molecule has 0 bridgehead atoms. The Hall–Kier alpha value is -7.16.